The standard InChI is InChI=1S/C21H22N2O3S/c1-4-22(18-9-8-14(2)10-15(18)3)20(25)17-7-5-6-16(11-17)12-23-19(24)13-27-21(23)26/h5-11H,4,12-13H2,1-3H3. The van der Waals surface area contributed by atoms with Gasteiger partial charge in [-0.1, -0.05) is 41.6 Å². The van der Waals surface area contributed by atoms with E-state index in [0.717, 1.165) is 34.1 Å². The van der Waals surface area contributed by atoms with Gasteiger partial charge in [0, 0.05) is 17.8 Å². The number of carbonyl (C=O) groups excluding carboxylic acids is 3. The highest BCUT2D eigenvalue weighted by Gasteiger charge is 2.30. The van der Waals surface area contributed by atoms with Crippen molar-refractivity contribution in [3.8, 4) is 0 Å². The normalized spacial score (nSPS) is 14.0. The first-order valence-electron chi connectivity index (χ1n) is 8.86. The Morgan fingerprint density at radius 1 is 1.15 bits per heavy atom. The minimum atomic E-state index is -0.234. The fraction of sp³-hybridized carbons (Fsp3) is 0.286. The number of rotatable bonds is 5. The van der Waals surface area contributed by atoms with E-state index >= 15 is 0 Å². The smallest absolute Gasteiger partial charge is 0.289 e. The van der Waals surface area contributed by atoms with Crippen LogP contribution in [-0.2, 0) is 11.3 Å². The number of imide groups is 1. The number of hydrogen-bond donors (Lipinski definition) is 0. The molecule has 1 fully saturated rings. The van der Waals surface area contributed by atoms with Crippen LogP contribution in [0, 0.1) is 13.8 Å². The number of nitrogens with zero attached hydrogens (tertiary/aromatic N) is 2. The van der Waals surface area contributed by atoms with Crippen LogP contribution in [0.2, 0.25) is 0 Å². The molecule has 0 radical (unpaired) electrons. The van der Waals surface area contributed by atoms with Crippen molar-refractivity contribution in [1.82, 2.24) is 4.90 Å². The Balaban J connectivity index is 1.85. The average Bonchev–Trinajstić information content (AvgIpc) is 2.96. The van der Waals surface area contributed by atoms with Crippen LogP contribution in [0.5, 0.6) is 0 Å². The number of anilines is 1. The van der Waals surface area contributed by atoms with Crippen LogP contribution in [0.15, 0.2) is 42.5 Å². The van der Waals surface area contributed by atoms with E-state index in [1.165, 1.54) is 4.90 Å². The van der Waals surface area contributed by atoms with Gasteiger partial charge < -0.3 is 4.90 Å². The molecule has 0 atom stereocenters. The van der Waals surface area contributed by atoms with Crippen LogP contribution in [0.25, 0.3) is 0 Å². The first kappa shape index (κ1) is 19.2. The van der Waals surface area contributed by atoms with Crippen LogP contribution in [0.1, 0.15) is 34.0 Å². The summed E-state index contributed by atoms with van der Waals surface area (Å²) in [6.07, 6.45) is 0. The van der Waals surface area contributed by atoms with Crippen LogP contribution >= 0.6 is 11.8 Å². The predicted octanol–water partition coefficient (Wildman–Crippen LogP) is 4.17. The van der Waals surface area contributed by atoms with E-state index < -0.39 is 0 Å². The van der Waals surface area contributed by atoms with E-state index in [1.807, 2.05) is 39.0 Å². The topological polar surface area (TPSA) is 57.7 Å². The summed E-state index contributed by atoms with van der Waals surface area (Å²) < 4.78 is 0. The molecule has 3 rings (SSSR count). The van der Waals surface area contributed by atoms with Gasteiger partial charge in [0.1, 0.15) is 0 Å². The van der Waals surface area contributed by atoms with Crippen molar-refractivity contribution in [3.63, 3.8) is 0 Å². The van der Waals surface area contributed by atoms with E-state index in [4.69, 9.17) is 0 Å². The van der Waals surface area contributed by atoms with E-state index in [-0.39, 0.29) is 29.4 Å². The monoisotopic (exact) mass is 382 g/mol. The number of hydrogen-bond acceptors (Lipinski definition) is 4. The van der Waals surface area contributed by atoms with Gasteiger partial charge in [-0.3, -0.25) is 19.3 Å². The fourth-order valence-corrected chi connectivity index (χ4v) is 3.93. The molecule has 6 heteroatoms. The molecule has 1 aliphatic heterocycles. The minimum absolute atomic E-state index is 0.0975. The van der Waals surface area contributed by atoms with Crippen molar-refractivity contribution in [2.45, 2.75) is 27.3 Å². The Morgan fingerprint density at radius 2 is 1.93 bits per heavy atom. The molecule has 0 N–H and O–H groups in total. The highest BCUT2D eigenvalue weighted by Crippen LogP contribution is 2.25. The molecular weight excluding hydrogens is 360 g/mol. The number of benzene rings is 2. The van der Waals surface area contributed by atoms with Gasteiger partial charge in [0.05, 0.1) is 12.3 Å². The Labute approximate surface area is 163 Å². The zero-order chi connectivity index (χ0) is 19.6. The molecular formula is C21H22N2O3S. The summed E-state index contributed by atoms with van der Waals surface area (Å²) in [5, 5.41) is -0.234. The summed E-state index contributed by atoms with van der Waals surface area (Å²) >= 11 is 1.01. The third-order valence-electron chi connectivity index (χ3n) is 4.56. The first-order valence-corrected chi connectivity index (χ1v) is 9.84. The third kappa shape index (κ3) is 4.06. The number of thioether (sulfide) groups is 1. The van der Waals surface area contributed by atoms with Crippen LogP contribution < -0.4 is 4.90 Å². The first-order chi connectivity index (χ1) is 12.9. The summed E-state index contributed by atoms with van der Waals surface area (Å²) in [6, 6.07) is 13.2. The van der Waals surface area contributed by atoms with Crippen LogP contribution in [0.4, 0.5) is 10.5 Å². The molecule has 1 heterocycles. The lowest BCUT2D eigenvalue weighted by Gasteiger charge is -2.24. The lowest BCUT2D eigenvalue weighted by Crippen LogP contribution is -2.31. The van der Waals surface area contributed by atoms with Crippen molar-refractivity contribution >= 4 is 34.5 Å². The highest BCUT2D eigenvalue weighted by atomic mass is 32.2. The van der Waals surface area contributed by atoms with Crippen molar-refractivity contribution < 1.29 is 14.4 Å². The van der Waals surface area contributed by atoms with Crippen LogP contribution in [-0.4, -0.2) is 34.3 Å². The maximum Gasteiger partial charge on any atom is 0.289 e. The molecule has 0 aromatic heterocycles. The largest absolute Gasteiger partial charge is 0.308 e. The summed E-state index contributed by atoms with van der Waals surface area (Å²) in [5.74, 6) is -0.0970. The predicted molar refractivity (Wildman–Crippen MR) is 108 cm³/mol. The van der Waals surface area contributed by atoms with Crippen molar-refractivity contribution in [1.29, 1.82) is 0 Å². The van der Waals surface area contributed by atoms with Crippen molar-refractivity contribution in [2.75, 3.05) is 17.2 Å². The fourth-order valence-electron chi connectivity index (χ4n) is 3.21. The maximum atomic E-state index is 13.1. The van der Waals surface area contributed by atoms with Gasteiger partial charge in [-0.05, 0) is 50.1 Å². The SMILES string of the molecule is CCN(C(=O)c1cccc(CN2C(=O)CSC2=O)c1)c1ccc(C)cc1C. The van der Waals surface area contributed by atoms with Gasteiger partial charge in [0.2, 0.25) is 5.91 Å². The van der Waals surface area contributed by atoms with Gasteiger partial charge in [-0.25, -0.2) is 0 Å². The third-order valence-corrected chi connectivity index (χ3v) is 5.42. The molecule has 0 saturated carbocycles. The van der Waals surface area contributed by atoms with Gasteiger partial charge in [-0.15, -0.1) is 0 Å². The maximum absolute atomic E-state index is 13.1. The van der Waals surface area contributed by atoms with E-state index in [9.17, 15) is 14.4 Å². The van der Waals surface area contributed by atoms with Crippen molar-refractivity contribution in [2.24, 2.45) is 0 Å². The summed E-state index contributed by atoms with van der Waals surface area (Å²) in [7, 11) is 0. The molecule has 140 valence electrons. The second-order valence-electron chi connectivity index (χ2n) is 6.57. The molecule has 1 saturated heterocycles. The van der Waals surface area contributed by atoms with Crippen molar-refractivity contribution in [3.05, 3.63) is 64.7 Å². The molecule has 1 aliphatic rings. The van der Waals surface area contributed by atoms with E-state index in [1.54, 1.807) is 23.1 Å². The van der Waals surface area contributed by atoms with Gasteiger partial charge in [-0.2, -0.15) is 0 Å². The minimum Gasteiger partial charge on any atom is -0.308 e. The Morgan fingerprint density at radius 3 is 2.56 bits per heavy atom. The van der Waals surface area contributed by atoms with E-state index in [0.29, 0.717) is 12.1 Å². The second kappa shape index (κ2) is 7.96. The molecule has 0 aliphatic carbocycles. The molecule has 5 nitrogen and oxygen atoms in total. The zero-order valence-electron chi connectivity index (χ0n) is 15.7. The molecule has 0 unspecified atom stereocenters. The van der Waals surface area contributed by atoms with Gasteiger partial charge in [0.15, 0.2) is 0 Å². The zero-order valence-corrected chi connectivity index (χ0v) is 16.5. The highest BCUT2D eigenvalue weighted by molar-refractivity contribution is 8.14. The summed E-state index contributed by atoms with van der Waals surface area (Å²) in [4.78, 5) is 39.7. The summed E-state index contributed by atoms with van der Waals surface area (Å²) in [6.45, 7) is 6.71. The quantitative estimate of drug-likeness (QED) is 0.779. The Kier molecular flexibility index (Phi) is 5.65. The van der Waals surface area contributed by atoms with E-state index in [2.05, 4.69) is 6.07 Å². The van der Waals surface area contributed by atoms with Gasteiger partial charge >= 0.3 is 0 Å². The molecule has 2 aromatic carbocycles. The number of aryl methyl sites for hydroxylation is 2. The molecule has 0 bridgehead atoms. The molecule has 0 spiro atoms. The van der Waals surface area contributed by atoms with Crippen LogP contribution in [0.3, 0.4) is 0 Å². The number of carbonyl (C=O) groups is 3. The number of amides is 3. The summed E-state index contributed by atoms with van der Waals surface area (Å²) in [5.41, 5.74) is 4.40. The average molecular weight is 382 g/mol. The molecule has 27 heavy (non-hydrogen) atoms. The lowest BCUT2D eigenvalue weighted by atomic mass is 10.1. The molecule has 3 amide bonds. The second-order valence-corrected chi connectivity index (χ2v) is 7.50. The Bertz CT molecular complexity index is 894. The molecule has 2 aromatic rings. The Hall–Kier alpha value is -2.60. The van der Waals surface area contributed by atoms with Gasteiger partial charge in [0.25, 0.3) is 11.1 Å². The lowest BCUT2D eigenvalue weighted by molar-refractivity contribution is -0.125.